The number of aromatic nitrogens is 1. The lowest BCUT2D eigenvalue weighted by atomic mass is 10.5. The van der Waals surface area contributed by atoms with E-state index in [-0.39, 0.29) is 5.96 Å². The molecule has 0 fully saturated rings. The van der Waals surface area contributed by atoms with Gasteiger partial charge in [-0.25, -0.2) is 15.8 Å². The maximum atomic E-state index is 5.28. The SMILES string of the molecule is NNC(N)=NCc1cscn1. The molecule has 11 heavy (non-hydrogen) atoms. The van der Waals surface area contributed by atoms with Gasteiger partial charge < -0.3 is 5.73 Å². The highest BCUT2D eigenvalue weighted by atomic mass is 32.1. The zero-order valence-corrected chi connectivity index (χ0v) is 6.64. The first-order valence-electron chi connectivity index (χ1n) is 2.96. The highest BCUT2D eigenvalue weighted by Gasteiger charge is 1.91. The molecule has 1 heterocycles. The van der Waals surface area contributed by atoms with E-state index in [1.807, 2.05) is 5.38 Å². The van der Waals surface area contributed by atoms with Crippen LogP contribution in [0.1, 0.15) is 5.69 Å². The second kappa shape index (κ2) is 3.89. The Morgan fingerprint density at radius 2 is 2.64 bits per heavy atom. The third-order valence-corrected chi connectivity index (χ3v) is 1.68. The molecule has 1 aromatic rings. The first kappa shape index (κ1) is 7.96. The van der Waals surface area contributed by atoms with Gasteiger partial charge in [0, 0.05) is 5.38 Å². The summed E-state index contributed by atoms with van der Waals surface area (Å²) in [7, 11) is 0. The quantitative estimate of drug-likeness (QED) is 0.240. The molecule has 0 aromatic carbocycles. The van der Waals surface area contributed by atoms with E-state index in [9.17, 15) is 0 Å². The minimum atomic E-state index is 0.220. The van der Waals surface area contributed by atoms with Gasteiger partial charge in [0.2, 0.25) is 5.96 Å². The van der Waals surface area contributed by atoms with E-state index in [1.54, 1.807) is 5.51 Å². The molecule has 0 saturated heterocycles. The van der Waals surface area contributed by atoms with E-state index in [2.05, 4.69) is 15.4 Å². The Morgan fingerprint density at radius 1 is 1.82 bits per heavy atom. The highest BCUT2D eigenvalue weighted by Crippen LogP contribution is 2.01. The number of guanidine groups is 1. The normalized spacial score (nSPS) is 11.5. The van der Waals surface area contributed by atoms with Crippen molar-refractivity contribution in [3.63, 3.8) is 0 Å². The Kier molecular flexibility index (Phi) is 2.82. The summed E-state index contributed by atoms with van der Waals surface area (Å²) in [6, 6.07) is 0. The molecule has 6 heteroatoms. The second-order valence-corrected chi connectivity index (χ2v) is 2.54. The van der Waals surface area contributed by atoms with Crippen LogP contribution in [0.25, 0.3) is 0 Å². The third kappa shape index (κ3) is 2.52. The van der Waals surface area contributed by atoms with E-state index in [0.717, 1.165) is 5.69 Å². The van der Waals surface area contributed by atoms with Crippen LogP contribution in [0.2, 0.25) is 0 Å². The van der Waals surface area contributed by atoms with E-state index < -0.39 is 0 Å². The Morgan fingerprint density at radius 3 is 3.18 bits per heavy atom. The predicted molar refractivity (Wildman–Crippen MR) is 44.8 cm³/mol. The first-order chi connectivity index (χ1) is 5.33. The van der Waals surface area contributed by atoms with Crippen LogP contribution in [0.4, 0.5) is 0 Å². The van der Waals surface area contributed by atoms with Gasteiger partial charge in [0.15, 0.2) is 0 Å². The number of nitrogens with one attached hydrogen (secondary N) is 1. The average molecular weight is 171 g/mol. The van der Waals surface area contributed by atoms with Crippen LogP contribution >= 0.6 is 11.3 Å². The van der Waals surface area contributed by atoms with Crippen LogP contribution in [0, 0.1) is 0 Å². The van der Waals surface area contributed by atoms with Crippen molar-refractivity contribution in [1.29, 1.82) is 0 Å². The summed E-state index contributed by atoms with van der Waals surface area (Å²) >= 11 is 1.53. The number of hydrogen-bond acceptors (Lipinski definition) is 4. The third-order valence-electron chi connectivity index (χ3n) is 1.04. The monoisotopic (exact) mass is 171 g/mol. The molecule has 5 nitrogen and oxygen atoms in total. The summed E-state index contributed by atoms with van der Waals surface area (Å²) in [6.07, 6.45) is 0. The number of rotatable bonds is 2. The minimum Gasteiger partial charge on any atom is -0.369 e. The lowest BCUT2D eigenvalue weighted by molar-refractivity contribution is 0.941. The van der Waals surface area contributed by atoms with Gasteiger partial charge in [0.25, 0.3) is 0 Å². The van der Waals surface area contributed by atoms with E-state index in [4.69, 9.17) is 11.6 Å². The van der Waals surface area contributed by atoms with E-state index in [1.165, 1.54) is 11.3 Å². The maximum absolute atomic E-state index is 5.28. The molecule has 0 aliphatic rings. The van der Waals surface area contributed by atoms with Crippen molar-refractivity contribution < 1.29 is 0 Å². The smallest absolute Gasteiger partial charge is 0.203 e. The lowest BCUT2D eigenvalue weighted by Gasteiger charge is -1.95. The fourth-order valence-corrected chi connectivity index (χ4v) is 1.08. The minimum absolute atomic E-state index is 0.220. The Bertz CT molecular complexity index is 229. The molecule has 1 rings (SSSR count). The number of hydrazine groups is 1. The molecule has 0 spiro atoms. The van der Waals surface area contributed by atoms with Crippen LogP contribution in [0.5, 0.6) is 0 Å². The van der Waals surface area contributed by atoms with Gasteiger partial charge >= 0.3 is 0 Å². The summed E-state index contributed by atoms with van der Waals surface area (Å²) in [5.41, 5.74) is 10.2. The molecule has 60 valence electrons. The molecule has 0 atom stereocenters. The molecule has 0 saturated carbocycles. The Balaban J connectivity index is 2.45. The fourth-order valence-electron chi connectivity index (χ4n) is 0.527. The Hall–Kier alpha value is -1.14. The lowest BCUT2D eigenvalue weighted by Crippen LogP contribution is -2.37. The largest absolute Gasteiger partial charge is 0.369 e. The molecule has 0 radical (unpaired) electrons. The standard InChI is InChI=1S/C5H9N5S/c6-5(10-7)8-1-4-2-11-3-9-4/h2-3H,1,7H2,(H3,6,8,10). The fraction of sp³-hybridized carbons (Fsp3) is 0.200. The van der Waals surface area contributed by atoms with Gasteiger partial charge in [-0.3, -0.25) is 5.43 Å². The van der Waals surface area contributed by atoms with E-state index in [0.29, 0.717) is 6.54 Å². The molecule has 0 amide bonds. The van der Waals surface area contributed by atoms with Crippen molar-refractivity contribution in [2.45, 2.75) is 6.54 Å². The maximum Gasteiger partial charge on any atom is 0.203 e. The number of nitrogens with zero attached hydrogens (tertiary/aromatic N) is 2. The van der Waals surface area contributed by atoms with Gasteiger partial charge in [-0.1, -0.05) is 0 Å². The molecular weight excluding hydrogens is 162 g/mol. The first-order valence-corrected chi connectivity index (χ1v) is 3.91. The summed E-state index contributed by atoms with van der Waals surface area (Å²) in [5, 5.41) is 1.91. The predicted octanol–water partition coefficient (Wildman–Crippen LogP) is -0.579. The molecule has 1 aromatic heterocycles. The zero-order valence-electron chi connectivity index (χ0n) is 5.82. The zero-order chi connectivity index (χ0) is 8.10. The Labute approximate surface area is 68.1 Å². The van der Waals surface area contributed by atoms with Gasteiger partial charge in [-0.05, 0) is 0 Å². The summed E-state index contributed by atoms with van der Waals surface area (Å²) < 4.78 is 0. The van der Waals surface area contributed by atoms with Gasteiger partial charge in [0.1, 0.15) is 0 Å². The summed E-state index contributed by atoms with van der Waals surface area (Å²) in [6.45, 7) is 0.472. The van der Waals surface area contributed by atoms with Crippen LogP contribution in [-0.4, -0.2) is 10.9 Å². The van der Waals surface area contributed by atoms with Crippen molar-refractivity contribution in [3.8, 4) is 0 Å². The molecular formula is C5H9N5S. The van der Waals surface area contributed by atoms with Crippen LogP contribution in [0.3, 0.4) is 0 Å². The molecule has 0 unspecified atom stereocenters. The average Bonchev–Trinajstić information content (AvgIpc) is 2.52. The molecule has 0 bridgehead atoms. The van der Waals surface area contributed by atoms with Crippen LogP contribution < -0.4 is 17.0 Å². The van der Waals surface area contributed by atoms with Crippen LogP contribution in [-0.2, 0) is 6.54 Å². The van der Waals surface area contributed by atoms with Gasteiger partial charge in [0.05, 0.1) is 17.7 Å². The van der Waals surface area contributed by atoms with Crippen molar-refractivity contribution in [2.24, 2.45) is 16.6 Å². The van der Waals surface area contributed by atoms with Gasteiger partial charge in [-0.2, -0.15) is 0 Å². The summed E-state index contributed by atoms with van der Waals surface area (Å²) in [5.74, 6) is 5.21. The highest BCUT2D eigenvalue weighted by molar-refractivity contribution is 7.07. The molecule has 5 N–H and O–H groups in total. The number of thiazole rings is 1. The molecule has 0 aliphatic carbocycles. The summed E-state index contributed by atoms with van der Waals surface area (Å²) in [4.78, 5) is 7.90. The van der Waals surface area contributed by atoms with Crippen LogP contribution in [0.15, 0.2) is 15.9 Å². The number of hydrogen-bond donors (Lipinski definition) is 3. The second-order valence-electron chi connectivity index (χ2n) is 1.83. The van der Waals surface area contributed by atoms with Crippen molar-refractivity contribution >= 4 is 17.3 Å². The van der Waals surface area contributed by atoms with Crippen molar-refractivity contribution in [3.05, 3.63) is 16.6 Å². The topological polar surface area (TPSA) is 89.3 Å². The van der Waals surface area contributed by atoms with E-state index >= 15 is 0 Å². The van der Waals surface area contributed by atoms with Crippen molar-refractivity contribution in [1.82, 2.24) is 10.4 Å². The molecule has 0 aliphatic heterocycles. The van der Waals surface area contributed by atoms with Gasteiger partial charge in [-0.15, -0.1) is 11.3 Å². The number of nitrogens with two attached hydrogens (primary N) is 2. The number of aliphatic imine (C=N–C) groups is 1. The van der Waals surface area contributed by atoms with Crippen molar-refractivity contribution in [2.75, 3.05) is 0 Å².